The Kier molecular flexibility index (Phi) is 3.47. The van der Waals surface area contributed by atoms with Crippen molar-refractivity contribution in [2.24, 2.45) is 17.8 Å². The molecule has 3 rings (SSSR count). The minimum absolute atomic E-state index is 0.519. The molecule has 2 saturated carbocycles. The van der Waals surface area contributed by atoms with Crippen molar-refractivity contribution in [2.75, 3.05) is 6.54 Å². The SMILES string of the molecule is CCC1(CC2CC3CCC2C3)CCCCCN1. The molecule has 0 aromatic heterocycles. The van der Waals surface area contributed by atoms with Crippen molar-refractivity contribution in [3.05, 3.63) is 0 Å². The van der Waals surface area contributed by atoms with Gasteiger partial charge in [-0.1, -0.05) is 26.2 Å². The highest BCUT2D eigenvalue weighted by Gasteiger charge is 2.43. The Bertz CT molecular complexity index is 252. The van der Waals surface area contributed by atoms with Crippen LogP contribution in [-0.2, 0) is 0 Å². The van der Waals surface area contributed by atoms with Gasteiger partial charge in [-0.15, -0.1) is 0 Å². The molecule has 4 unspecified atom stereocenters. The second-order valence-corrected chi connectivity index (χ2v) is 7.01. The Labute approximate surface area is 107 Å². The number of nitrogens with one attached hydrogen (secondary N) is 1. The average molecular weight is 235 g/mol. The summed E-state index contributed by atoms with van der Waals surface area (Å²) < 4.78 is 0. The maximum atomic E-state index is 3.93. The van der Waals surface area contributed by atoms with Crippen LogP contribution >= 0.6 is 0 Å². The van der Waals surface area contributed by atoms with Crippen LogP contribution in [0, 0.1) is 17.8 Å². The van der Waals surface area contributed by atoms with Crippen molar-refractivity contribution in [3.63, 3.8) is 0 Å². The third-order valence-electron chi connectivity index (χ3n) is 6.05. The predicted octanol–water partition coefficient (Wildman–Crippen LogP) is 4.13. The predicted molar refractivity (Wildman–Crippen MR) is 73.0 cm³/mol. The number of hydrogen-bond acceptors (Lipinski definition) is 1. The number of hydrogen-bond donors (Lipinski definition) is 1. The number of rotatable bonds is 3. The molecule has 1 heteroatoms. The van der Waals surface area contributed by atoms with Crippen molar-refractivity contribution in [3.8, 4) is 0 Å². The second kappa shape index (κ2) is 4.91. The van der Waals surface area contributed by atoms with Crippen LogP contribution in [0.3, 0.4) is 0 Å². The molecule has 0 spiro atoms. The van der Waals surface area contributed by atoms with E-state index in [4.69, 9.17) is 0 Å². The third kappa shape index (κ3) is 2.41. The van der Waals surface area contributed by atoms with Gasteiger partial charge in [-0.25, -0.2) is 0 Å². The lowest BCUT2D eigenvalue weighted by Crippen LogP contribution is -2.46. The highest BCUT2D eigenvalue weighted by Crippen LogP contribution is 2.51. The average Bonchev–Trinajstić information content (AvgIpc) is 2.87. The Morgan fingerprint density at radius 1 is 1.12 bits per heavy atom. The summed E-state index contributed by atoms with van der Waals surface area (Å²) in [6.07, 6.45) is 14.8. The van der Waals surface area contributed by atoms with Gasteiger partial charge in [-0.3, -0.25) is 0 Å². The first-order valence-electron chi connectivity index (χ1n) is 8.06. The summed E-state index contributed by atoms with van der Waals surface area (Å²) in [7, 11) is 0. The lowest BCUT2D eigenvalue weighted by atomic mass is 9.76. The summed E-state index contributed by atoms with van der Waals surface area (Å²) >= 11 is 0. The monoisotopic (exact) mass is 235 g/mol. The van der Waals surface area contributed by atoms with Gasteiger partial charge in [-0.05, 0) is 69.2 Å². The maximum Gasteiger partial charge on any atom is 0.0181 e. The molecule has 0 aromatic carbocycles. The molecule has 2 bridgehead atoms. The fourth-order valence-electron chi connectivity index (χ4n) is 4.96. The van der Waals surface area contributed by atoms with Gasteiger partial charge in [0.15, 0.2) is 0 Å². The molecule has 1 saturated heterocycles. The van der Waals surface area contributed by atoms with Gasteiger partial charge in [0.05, 0.1) is 0 Å². The van der Waals surface area contributed by atoms with E-state index in [1.807, 2.05) is 0 Å². The van der Waals surface area contributed by atoms with Crippen LogP contribution in [0.4, 0.5) is 0 Å². The Morgan fingerprint density at radius 2 is 2.06 bits per heavy atom. The smallest absolute Gasteiger partial charge is 0.0181 e. The van der Waals surface area contributed by atoms with Crippen molar-refractivity contribution in [2.45, 2.75) is 76.7 Å². The van der Waals surface area contributed by atoms with E-state index in [0.29, 0.717) is 5.54 Å². The summed E-state index contributed by atoms with van der Waals surface area (Å²) in [5.41, 5.74) is 0.519. The molecular formula is C16H29N. The van der Waals surface area contributed by atoms with E-state index in [1.165, 1.54) is 45.1 Å². The van der Waals surface area contributed by atoms with Crippen molar-refractivity contribution >= 4 is 0 Å². The lowest BCUT2D eigenvalue weighted by Gasteiger charge is -2.38. The van der Waals surface area contributed by atoms with Crippen molar-refractivity contribution in [1.29, 1.82) is 0 Å². The Morgan fingerprint density at radius 3 is 2.76 bits per heavy atom. The van der Waals surface area contributed by atoms with Crippen molar-refractivity contribution in [1.82, 2.24) is 5.32 Å². The fraction of sp³-hybridized carbons (Fsp3) is 1.00. The maximum absolute atomic E-state index is 3.93. The summed E-state index contributed by atoms with van der Waals surface area (Å²) in [4.78, 5) is 0. The minimum Gasteiger partial charge on any atom is -0.311 e. The lowest BCUT2D eigenvalue weighted by molar-refractivity contribution is 0.193. The molecule has 4 atom stereocenters. The van der Waals surface area contributed by atoms with E-state index in [2.05, 4.69) is 12.2 Å². The van der Waals surface area contributed by atoms with Gasteiger partial charge in [0, 0.05) is 5.54 Å². The van der Waals surface area contributed by atoms with Gasteiger partial charge in [0.2, 0.25) is 0 Å². The van der Waals surface area contributed by atoms with Gasteiger partial charge < -0.3 is 5.32 Å². The van der Waals surface area contributed by atoms with E-state index in [9.17, 15) is 0 Å². The van der Waals surface area contributed by atoms with Gasteiger partial charge >= 0.3 is 0 Å². The van der Waals surface area contributed by atoms with Crippen molar-refractivity contribution < 1.29 is 0 Å². The fourth-order valence-corrected chi connectivity index (χ4v) is 4.96. The van der Waals surface area contributed by atoms with Crippen LogP contribution < -0.4 is 5.32 Å². The molecule has 1 nitrogen and oxygen atoms in total. The highest BCUT2D eigenvalue weighted by molar-refractivity contribution is 4.97. The summed E-state index contributed by atoms with van der Waals surface area (Å²) in [5.74, 6) is 3.29. The standard InChI is InChI=1S/C16H29N/c1-2-16(8-4-3-5-9-17-16)12-15-11-13-6-7-14(15)10-13/h13-15,17H,2-12H2,1H3. The zero-order chi connectivity index (χ0) is 11.7. The largest absolute Gasteiger partial charge is 0.311 e. The van der Waals surface area contributed by atoms with Crippen LogP contribution in [0.1, 0.15) is 71.1 Å². The van der Waals surface area contributed by atoms with Crippen LogP contribution in [0.15, 0.2) is 0 Å². The zero-order valence-corrected chi connectivity index (χ0v) is 11.5. The molecule has 0 aromatic rings. The van der Waals surface area contributed by atoms with Crippen LogP contribution in [-0.4, -0.2) is 12.1 Å². The normalized spacial score (nSPS) is 46.1. The van der Waals surface area contributed by atoms with E-state index >= 15 is 0 Å². The van der Waals surface area contributed by atoms with E-state index in [0.717, 1.165) is 17.8 Å². The minimum atomic E-state index is 0.519. The van der Waals surface area contributed by atoms with Gasteiger partial charge in [0.25, 0.3) is 0 Å². The molecule has 0 amide bonds. The van der Waals surface area contributed by atoms with Gasteiger partial charge in [-0.2, -0.15) is 0 Å². The summed E-state index contributed by atoms with van der Waals surface area (Å²) in [6, 6.07) is 0. The van der Waals surface area contributed by atoms with Gasteiger partial charge in [0.1, 0.15) is 0 Å². The first kappa shape index (κ1) is 12.0. The topological polar surface area (TPSA) is 12.0 Å². The molecule has 1 N–H and O–H groups in total. The summed E-state index contributed by atoms with van der Waals surface area (Å²) in [5, 5.41) is 3.93. The first-order valence-corrected chi connectivity index (χ1v) is 8.06. The van der Waals surface area contributed by atoms with Crippen LogP contribution in [0.5, 0.6) is 0 Å². The van der Waals surface area contributed by atoms with Crippen LogP contribution in [0.2, 0.25) is 0 Å². The summed E-state index contributed by atoms with van der Waals surface area (Å²) in [6.45, 7) is 3.68. The highest BCUT2D eigenvalue weighted by atomic mass is 15.0. The molecule has 98 valence electrons. The first-order chi connectivity index (χ1) is 8.31. The molecule has 3 aliphatic rings. The Balaban J connectivity index is 1.64. The van der Waals surface area contributed by atoms with E-state index < -0.39 is 0 Å². The third-order valence-corrected chi connectivity index (χ3v) is 6.05. The number of fused-ring (bicyclic) bond motifs is 2. The Hall–Kier alpha value is -0.0400. The molecule has 2 aliphatic carbocycles. The second-order valence-electron chi connectivity index (χ2n) is 7.01. The quantitative estimate of drug-likeness (QED) is 0.775. The molecule has 1 aliphatic heterocycles. The molecule has 17 heavy (non-hydrogen) atoms. The molecular weight excluding hydrogens is 206 g/mol. The molecule has 0 radical (unpaired) electrons. The van der Waals surface area contributed by atoms with E-state index in [1.54, 1.807) is 25.7 Å². The molecule has 3 fully saturated rings. The van der Waals surface area contributed by atoms with Crippen LogP contribution in [0.25, 0.3) is 0 Å². The zero-order valence-electron chi connectivity index (χ0n) is 11.5. The molecule has 1 heterocycles. The van der Waals surface area contributed by atoms with E-state index in [-0.39, 0.29) is 0 Å².